The van der Waals surface area contributed by atoms with E-state index in [0.29, 0.717) is 37.0 Å². The maximum atomic E-state index is 12.3. The minimum Gasteiger partial charge on any atom is -0.484 e. The number of non-ortho nitro benzene ring substituents is 1. The first-order chi connectivity index (χ1) is 12.5. The zero-order valence-electron chi connectivity index (χ0n) is 14.0. The number of nitro groups is 1. The molecule has 2 aromatic carbocycles. The highest BCUT2D eigenvalue weighted by Crippen LogP contribution is 2.30. The summed E-state index contributed by atoms with van der Waals surface area (Å²) in [6.07, 6.45) is 0. The Morgan fingerprint density at radius 1 is 1.12 bits per heavy atom. The summed E-state index contributed by atoms with van der Waals surface area (Å²) < 4.78 is 5.50. The number of hydrogen-bond acceptors (Lipinski definition) is 5. The molecule has 1 saturated heterocycles. The Morgan fingerprint density at radius 3 is 2.42 bits per heavy atom. The number of carbonyl (C=O) groups is 1. The number of para-hydroxylation sites is 1. The molecule has 2 aromatic rings. The number of rotatable bonds is 5. The van der Waals surface area contributed by atoms with E-state index in [4.69, 9.17) is 16.3 Å². The molecule has 1 amide bonds. The van der Waals surface area contributed by atoms with Crippen molar-refractivity contribution in [3.63, 3.8) is 0 Å². The number of amides is 1. The van der Waals surface area contributed by atoms with Gasteiger partial charge in [0, 0.05) is 38.3 Å². The Hall–Kier alpha value is -2.80. The molecule has 0 spiro atoms. The van der Waals surface area contributed by atoms with Crippen LogP contribution in [-0.4, -0.2) is 48.5 Å². The fourth-order valence-corrected chi connectivity index (χ4v) is 3.11. The second kappa shape index (κ2) is 8.05. The van der Waals surface area contributed by atoms with Gasteiger partial charge in [-0.25, -0.2) is 0 Å². The number of anilines is 1. The van der Waals surface area contributed by atoms with Gasteiger partial charge in [0.1, 0.15) is 5.75 Å². The molecule has 0 saturated carbocycles. The standard InChI is InChI=1S/C18H18ClN3O4/c19-16-12-14(22(24)25)6-7-17(16)20-8-10-21(11-9-20)18(23)13-26-15-4-2-1-3-5-15/h1-7,12H,8-11,13H2. The molecule has 136 valence electrons. The van der Waals surface area contributed by atoms with Gasteiger partial charge in [0.05, 0.1) is 15.6 Å². The van der Waals surface area contributed by atoms with E-state index in [9.17, 15) is 14.9 Å². The Kier molecular flexibility index (Phi) is 5.58. The molecule has 0 aromatic heterocycles. The predicted molar refractivity (Wildman–Crippen MR) is 98.8 cm³/mol. The van der Waals surface area contributed by atoms with E-state index in [1.807, 2.05) is 35.2 Å². The maximum Gasteiger partial charge on any atom is 0.271 e. The van der Waals surface area contributed by atoms with Gasteiger partial charge in [-0.3, -0.25) is 14.9 Å². The smallest absolute Gasteiger partial charge is 0.271 e. The molecule has 0 bridgehead atoms. The Morgan fingerprint density at radius 2 is 1.81 bits per heavy atom. The van der Waals surface area contributed by atoms with Crippen LogP contribution in [0.25, 0.3) is 0 Å². The first kappa shape index (κ1) is 18.0. The molecule has 8 heteroatoms. The van der Waals surface area contributed by atoms with E-state index in [-0.39, 0.29) is 18.2 Å². The van der Waals surface area contributed by atoms with Crippen molar-refractivity contribution in [2.45, 2.75) is 0 Å². The number of halogens is 1. The summed E-state index contributed by atoms with van der Waals surface area (Å²) in [4.78, 5) is 26.4. The normalized spacial score (nSPS) is 14.2. The second-order valence-electron chi connectivity index (χ2n) is 5.86. The van der Waals surface area contributed by atoms with Gasteiger partial charge in [-0.2, -0.15) is 0 Å². The van der Waals surface area contributed by atoms with Crippen molar-refractivity contribution in [1.29, 1.82) is 0 Å². The second-order valence-corrected chi connectivity index (χ2v) is 6.27. The third-order valence-electron chi connectivity index (χ3n) is 4.22. The summed E-state index contributed by atoms with van der Waals surface area (Å²) in [5.41, 5.74) is 0.704. The van der Waals surface area contributed by atoms with Crippen LogP contribution in [0.15, 0.2) is 48.5 Å². The quantitative estimate of drug-likeness (QED) is 0.593. The number of ether oxygens (including phenoxy) is 1. The Bertz CT molecular complexity index is 792. The third kappa shape index (κ3) is 4.23. The molecule has 7 nitrogen and oxygen atoms in total. The van der Waals surface area contributed by atoms with Crippen LogP contribution in [0.5, 0.6) is 5.75 Å². The van der Waals surface area contributed by atoms with Crippen LogP contribution in [0.2, 0.25) is 5.02 Å². The number of carbonyl (C=O) groups excluding carboxylic acids is 1. The van der Waals surface area contributed by atoms with Gasteiger partial charge >= 0.3 is 0 Å². The van der Waals surface area contributed by atoms with Gasteiger partial charge in [-0.05, 0) is 18.2 Å². The molecular weight excluding hydrogens is 358 g/mol. The van der Waals surface area contributed by atoms with Crippen molar-refractivity contribution >= 4 is 28.9 Å². The van der Waals surface area contributed by atoms with Crippen molar-refractivity contribution in [2.75, 3.05) is 37.7 Å². The summed E-state index contributed by atoms with van der Waals surface area (Å²) in [5.74, 6) is 0.598. The molecule has 3 rings (SSSR count). The lowest BCUT2D eigenvalue weighted by Crippen LogP contribution is -2.50. The number of hydrogen-bond donors (Lipinski definition) is 0. The zero-order valence-corrected chi connectivity index (χ0v) is 14.8. The van der Waals surface area contributed by atoms with Gasteiger partial charge in [0.2, 0.25) is 0 Å². The highest BCUT2D eigenvalue weighted by Gasteiger charge is 2.23. The lowest BCUT2D eigenvalue weighted by atomic mass is 10.2. The van der Waals surface area contributed by atoms with Gasteiger partial charge < -0.3 is 14.5 Å². The fourth-order valence-electron chi connectivity index (χ4n) is 2.82. The zero-order chi connectivity index (χ0) is 18.5. The van der Waals surface area contributed by atoms with E-state index < -0.39 is 4.92 Å². The highest BCUT2D eigenvalue weighted by atomic mass is 35.5. The first-order valence-corrected chi connectivity index (χ1v) is 8.57. The predicted octanol–water partition coefficient (Wildman–Crippen LogP) is 2.98. The summed E-state index contributed by atoms with van der Waals surface area (Å²) in [6, 6.07) is 13.6. The number of nitrogens with zero attached hydrogens (tertiary/aromatic N) is 3. The molecule has 0 N–H and O–H groups in total. The summed E-state index contributed by atoms with van der Waals surface area (Å²) in [7, 11) is 0. The molecule has 0 unspecified atom stereocenters. The van der Waals surface area contributed by atoms with Gasteiger partial charge in [0.15, 0.2) is 6.61 Å². The third-order valence-corrected chi connectivity index (χ3v) is 4.52. The molecular formula is C18H18ClN3O4. The van der Waals surface area contributed by atoms with Crippen molar-refractivity contribution < 1.29 is 14.5 Å². The van der Waals surface area contributed by atoms with Crippen molar-refractivity contribution in [2.24, 2.45) is 0 Å². The molecule has 1 aliphatic heterocycles. The Labute approximate surface area is 155 Å². The molecule has 0 atom stereocenters. The van der Waals surface area contributed by atoms with Crippen molar-refractivity contribution in [1.82, 2.24) is 4.90 Å². The van der Waals surface area contributed by atoms with Gasteiger partial charge in [-0.15, -0.1) is 0 Å². The van der Waals surface area contributed by atoms with Crippen LogP contribution in [0.1, 0.15) is 0 Å². The largest absolute Gasteiger partial charge is 0.484 e. The first-order valence-electron chi connectivity index (χ1n) is 8.19. The topological polar surface area (TPSA) is 75.9 Å². The summed E-state index contributed by atoms with van der Waals surface area (Å²) >= 11 is 6.18. The average Bonchev–Trinajstić information content (AvgIpc) is 2.67. The average molecular weight is 376 g/mol. The number of benzene rings is 2. The molecule has 1 heterocycles. The summed E-state index contributed by atoms with van der Waals surface area (Å²) in [6.45, 7) is 2.31. The van der Waals surface area contributed by atoms with Crippen LogP contribution >= 0.6 is 11.6 Å². The van der Waals surface area contributed by atoms with Gasteiger partial charge in [-0.1, -0.05) is 29.8 Å². The van der Waals surface area contributed by atoms with E-state index in [1.165, 1.54) is 12.1 Å². The van der Waals surface area contributed by atoms with E-state index in [2.05, 4.69) is 0 Å². The Balaban J connectivity index is 1.54. The maximum absolute atomic E-state index is 12.3. The van der Waals surface area contributed by atoms with Gasteiger partial charge in [0.25, 0.3) is 11.6 Å². The molecule has 26 heavy (non-hydrogen) atoms. The highest BCUT2D eigenvalue weighted by molar-refractivity contribution is 6.33. The minimum absolute atomic E-state index is 0.00228. The molecule has 0 radical (unpaired) electrons. The van der Waals surface area contributed by atoms with Crippen LogP contribution < -0.4 is 9.64 Å². The lowest BCUT2D eigenvalue weighted by molar-refractivity contribution is -0.384. The minimum atomic E-state index is -0.473. The lowest BCUT2D eigenvalue weighted by Gasteiger charge is -2.36. The summed E-state index contributed by atoms with van der Waals surface area (Å²) in [5, 5.41) is 11.1. The number of nitro benzene ring substituents is 1. The van der Waals surface area contributed by atoms with Crippen LogP contribution in [0.4, 0.5) is 11.4 Å². The fraction of sp³-hybridized carbons (Fsp3) is 0.278. The van der Waals surface area contributed by atoms with E-state index in [1.54, 1.807) is 11.0 Å². The van der Waals surface area contributed by atoms with Crippen molar-refractivity contribution in [3.8, 4) is 5.75 Å². The van der Waals surface area contributed by atoms with E-state index in [0.717, 1.165) is 5.69 Å². The molecule has 1 aliphatic rings. The SMILES string of the molecule is O=C(COc1ccccc1)N1CCN(c2ccc([N+](=O)[O-])cc2Cl)CC1. The monoisotopic (exact) mass is 375 g/mol. The van der Waals surface area contributed by atoms with Crippen molar-refractivity contribution in [3.05, 3.63) is 63.7 Å². The van der Waals surface area contributed by atoms with Crippen LogP contribution in [-0.2, 0) is 4.79 Å². The molecule has 0 aliphatic carbocycles. The van der Waals surface area contributed by atoms with Crippen LogP contribution in [0, 0.1) is 10.1 Å². The number of piperazine rings is 1. The van der Waals surface area contributed by atoms with Crippen LogP contribution in [0.3, 0.4) is 0 Å². The van der Waals surface area contributed by atoms with E-state index >= 15 is 0 Å². The molecule has 1 fully saturated rings.